The lowest BCUT2D eigenvalue weighted by atomic mass is 10.1. The third-order valence-electron chi connectivity index (χ3n) is 2.70. The van der Waals surface area contributed by atoms with Gasteiger partial charge in [-0.15, -0.1) is 0 Å². The first-order valence-corrected chi connectivity index (χ1v) is 6.04. The molecule has 0 heterocycles. The van der Waals surface area contributed by atoms with E-state index in [0.717, 1.165) is 0 Å². The quantitative estimate of drug-likeness (QED) is 0.770. The van der Waals surface area contributed by atoms with Crippen molar-refractivity contribution in [3.8, 4) is 0 Å². The molecule has 0 aliphatic heterocycles. The van der Waals surface area contributed by atoms with Gasteiger partial charge in [-0.1, -0.05) is 18.2 Å². The standard InChI is InChI=1S/C14H19FN2O2/c1-16(2)14(19)10-17(3)9-12(18)8-11-6-4-5-7-13(11)15/h4-7H,8-10H2,1-3H3. The second-order valence-corrected chi connectivity index (χ2v) is 4.77. The van der Waals surface area contributed by atoms with E-state index in [2.05, 4.69) is 0 Å². The Labute approximate surface area is 112 Å². The summed E-state index contributed by atoms with van der Waals surface area (Å²) in [7, 11) is 5.02. The van der Waals surface area contributed by atoms with E-state index in [1.54, 1.807) is 44.2 Å². The van der Waals surface area contributed by atoms with Crippen LogP contribution >= 0.6 is 0 Å². The molecule has 0 atom stereocenters. The molecule has 1 amide bonds. The van der Waals surface area contributed by atoms with Crippen molar-refractivity contribution < 1.29 is 14.0 Å². The van der Waals surface area contributed by atoms with Crippen LogP contribution in [0.5, 0.6) is 0 Å². The zero-order valence-corrected chi connectivity index (χ0v) is 11.5. The predicted octanol–water partition coefficient (Wildman–Crippen LogP) is 0.957. The van der Waals surface area contributed by atoms with Crippen LogP contribution in [0.2, 0.25) is 0 Å². The van der Waals surface area contributed by atoms with Gasteiger partial charge in [0.15, 0.2) is 5.78 Å². The number of benzene rings is 1. The van der Waals surface area contributed by atoms with Crippen molar-refractivity contribution in [1.29, 1.82) is 0 Å². The Morgan fingerprint density at radius 3 is 2.32 bits per heavy atom. The molecule has 1 rings (SSSR count). The van der Waals surface area contributed by atoms with Gasteiger partial charge >= 0.3 is 0 Å². The van der Waals surface area contributed by atoms with Crippen molar-refractivity contribution in [2.24, 2.45) is 0 Å². The molecular weight excluding hydrogens is 247 g/mol. The summed E-state index contributed by atoms with van der Waals surface area (Å²) in [5.41, 5.74) is 0.389. The molecule has 0 N–H and O–H groups in total. The first-order valence-electron chi connectivity index (χ1n) is 6.04. The number of ketones is 1. The first-order chi connectivity index (χ1) is 8.90. The van der Waals surface area contributed by atoms with Crippen molar-refractivity contribution in [3.05, 3.63) is 35.6 Å². The SMILES string of the molecule is CN(CC(=O)Cc1ccccc1F)CC(=O)N(C)C. The number of nitrogens with zero attached hydrogens (tertiary/aromatic N) is 2. The number of carbonyl (C=O) groups is 2. The molecule has 1 aromatic rings. The number of hydrogen-bond donors (Lipinski definition) is 0. The van der Waals surface area contributed by atoms with Crippen LogP contribution in [0.25, 0.3) is 0 Å². The molecule has 0 unspecified atom stereocenters. The second kappa shape index (κ2) is 6.99. The highest BCUT2D eigenvalue weighted by atomic mass is 19.1. The molecule has 0 fully saturated rings. The molecule has 0 bridgehead atoms. The van der Waals surface area contributed by atoms with Crippen molar-refractivity contribution in [2.45, 2.75) is 6.42 Å². The average molecular weight is 266 g/mol. The Morgan fingerprint density at radius 1 is 1.11 bits per heavy atom. The van der Waals surface area contributed by atoms with Crippen molar-refractivity contribution in [3.63, 3.8) is 0 Å². The van der Waals surface area contributed by atoms with Gasteiger partial charge in [0.25, 0.3) is 0 Å². The second-order valence-electron chi connectivity index (χ2n) is 4.77. The van der Waals surface area contributed by atoms with Gasteiger partial charge in [0.1, 0.15) is 5.82 Å². The van der Waals surface area contributed by atoms with Gasteiger partial charge < -0.3 is 4.90 Å². The van der Waals surface area contributed by atoms with Gasteiger partial charge in [0.2, 0.25) is 5.91 Å². The summed E-state index contributed by atoms with van der Waals surface area (Å²) in [6, 6.07) is 6.22. The van der Waals surface area contributed by atoms with E-state index in [1.807, 2.05) is 0 Å². The van der Waals surface area contributed by atoms with Crippen LogP contribution in [-0.4, -0.2) is 55.7 Å². The van der Waals surface area contributed by atoms with Crippen LogP contribution in [-0.2, 0) is 16.0 Å². The Kier molecular flexibility index (Phi) is 5.63. The molecular formula is C14H19FN2O2. The Balaban J connectivity index is 2.48. The number of hydrogen-bond acceptors (Lipinski definition) is 3. The van der Waals surface area contributed by atoms with E-state index in [-0.39, 0.29) is 37.0 Å². The fourth-order valence-corrected chi connectivity index (χ4v) is 1.64. The van der Waals surface area contributed by atoms with E-state index in [4.69, 9.17) is 0 Å². The fraction of sp³-hybridized carbons (Fsp3) is 0.429. The van der Waals surface area contributed by atoms with Gasteiger partial charge in [0.05, 0.1) is 13.1 Å². The summed E-state index contributed by atoms with van der Waals surface area (Å²) in [4.78, 5) is 26.4. The molecule has 4 nitrogen and oxygen atoms in total. The molecule has 0 aliphatic carbocycles. The lowest BCUT2D eigenvalue weighted by molar-refractivity contribution is -0.130. The molecule has 1 aromatic carbocycles. The summed E-state index contributed by atoms with van der Waals surface area (Å²) in [6.45, 7) is 0.309. The Hall–Kier alpha value is -1.75. The highest BCUT2D eigenvalue weighted by molar-refractivity contribution is 5.84. The topological polar surface area (TPSA) is 40.6 Å². The lowest BCUT2D eigenvalue weighted by Gasteiger charge is -2.18. The van der Waals surface area contributed by atoms with Gasteiger partial charge in [-0.05, 0) is 18.7 Å². The minimum Gasteiger partial charge on any atom is -0.348 e. The molecule has 0 saturated heterocycles. The largest absolute Gasteiger partial charge is 0.348 e. The zero-order valence-electron chi connectivity index (χ0n) is 11.5. The van der Waals surface area contributed by atoms with Crippen molar-refractivity contribution in [1.82, 2.24) is 9.80 Å². The van der Waals surface area contributed by atoms with E-state index in [9.17, 15) is 14.0 Å². The van der Waals surface area contributed by atoms with Crippen LogP contribution in [0.15, 0.2) is 24.3 Å². The predicted molar refractivity (Wildman–Crippen MR) is 71.3 cm³/mol. The number of halogens is 1. The Morgan fingerprint density at radius 2 is 1.74 bits per heavy atom. The van der Waals surface area contributed by atoms with Crippen LogP contribution < -0.4 is 0 Å². The molecule has 104 valence electrons. The van der Waals surface area contributed by atoms with Crippen molar-refractivity contribution >= 4 is 11.7 Å². The molecule has 0 spiro atoms. The van der Waals surface area contributed by atoms with Crippen LogP contribution in [0.4, 0.5) is 4.39 Å². The molecule has 19 heavy (non-hydrogen) atoms. The maximum Gasteiger partial charge on any atom is 0.236 e. The number of carbonyl (C=O) groups excluding carboxylic acids is 2. The average Bonchev–Trinajstić information content (AvgIpc) is 2.31. The van der Waals surface area contributed by atoms with Crippen LogP contribution in [0.3, 0.4) is 0 Å². The van der Waals surface area contributed by atoms with E-state index in [1.165, 1.54) is 11.0 Å². The number of likely N-dealkylation sites (N-methyl/N-ethyl adjacent to an activating group) is 2. The summed E-state index contributed by atoms with van der Waals surface area (Å²) in [5.74, 6) is -0.553. The number of rotatable bonds is 6. The number of amides is 1. The van der Waals surface area contributed by atoms with Crippen molar-refractivity contribution in [2.75, 3.05) is 34.2 Å². The monoisotopic (exact) mass is 266 g/mol. The van der Waals surface area contributed by atoms with E-state index < -0.39 is 0 Å². The maximum absolute atomic E-state index is 13.4. The van der Waals surface area contributed by atoms with Gasteiger partial charge in [-0.25, -0.2) is 4.39 Å². The Bertz CT molecular complexity index is 461. The van der Waals surface area contributed by atoms with Gasteiger partial charge in [-0.3, -0.25) is 14.5 Å². The third-order valence-corrected chi connectivity index (χ3v) is 2.70. The summed E-state index contributed by atoms with van der Waals surface area (Å²) >= 11 is 0. The summed E-state index contributed by atoms with van der Waals surface area (Å²) in [6.07, 6.45) is 0.0488. The highest BCUT2D eigenvalue weighted by Gasteiger charge is 2.13. The van der Waals surface area contributed by atoms with Crippen LogP contribution in [0.1, 0.15) is 5.56 Å². The number of Topliss-reactive ketones (excluding diaryl/α,β-unsaturated/α-hetero) is 1. The minimum absolute atomic E-state index is 0.0488. The van der Waals surface area contributed by atoms with Gasteiger partial charge in [-0.2, -0.15) is 0 Å². The highest BCUT2D eigenvalue weighted by Crippen LogP contribution is 2.07. The van der Waals surface area contributed by atoms with Crippen LogP contribution in [0, 0.1) is 5.82 Å². The smallest absolute Gasteiger partial charge is 0.236 e. The molecule has 0 aliphatic rings. The fourth-order valence-electron chi connectivity index (χ4n) is 1.64. The lowest BCUT2D eigenvalue weighted by Crippen LogP contribution is -2.37. The summed E-state index contributed by atoms with van der Waals surface area (Å²) in [5, 5.41) is 0. The zero-order chi connectivity index (χ0) is 14.4. The first kappa shape index (κ1) is 15.3. The molecule has 5 heteroatoms. The van der Waals surface area contributed by atoms with Gasteiger partial charge in [0, 0.05) is 20.5 Å². The van der Waals surface area contributed by atoms with E-state index >= 15 is 0 Å². The molecule has 0 saturated carbocycles. The van der Waals surface area contributed by atoms with E-state index in [0.29, 0.717) is 5.56 Å². The maximum atomic E-state index is 13.4. The minimum atomic E-state index is -0.372. The molecule has 0 aromatic heterocycles. The normalized spacial score (nSPS) is 10.6. The molecule has 0 radical (unpaired) electrons. The third kappa shape index (κ3) is 5.18. The summed E-state index contributed by atoms with van der Waals surface area (Å²) < 4.78 is 13.4.